The number of ether oxygens (including phenoxy) is 1. The minimum atomic E-state index is -0.324. The van der Waals surface area contributed by atoms with Gasteiger partial charge in [0, 0.05) is 36.8 Å². The molecular formula is C21H23FN2O2. The maximum absolute atomic E-state index is 13.7. The van der Waals surface area contributed by atoms with E-state index in [1.807, 2.05) is 29.2 Å². The van der Waals surface area contributed by atoms with Gasteiger partial charge in [-0.15, -0.1) is 0 Å². The summed E-state index contributed by atoms with van der Waals surface area (Å²) < 4.78 is 19.1. The molecule has 0 aromatic heterocycles. The van der Waals surface area contributed by atoms with Gasteiger partial charge in [0.05, 0.1) is 7.11 Å². The Balaban J connectivity index is 1.60. The number of benzene rings is 2. The van der Waals surface area contributed by atoms with Gasteiger partial charge < -0.3 is 9.64 Å². The summed E-state index contributed by atoms with van der Waals surface area (Å²) in [4.78, 5) is 17.4. The fraction of sp³-hybridized carbons (Fsp3) is 0.381. The summed E-state index contributed by atoms with van der Waals surface area (Å²) in [7, 11) is 1.56. The van der Waals surface area contributed by atoms with E-state index in [1.54, 1.807) is 13.2 Å². The number of amides is 1. The van der Waals surface area contributed by atoms with Crippen LogP contribution in [-0.2, 0) is 0 Å². The van der Waals surface area contributed by atoms with Crippen LogP contribution < -0.4 is 4.74 Å². The molecule has 1 unspecified atom stereocenters. The lowest BCUT2D eigenvalue weighted by molar-refractivity contribution is 0.0571. The van der Waals surface area contributed by atoms with Crippen molar-refractivity contribution in [3.63, 3.8) is 0 Å². The Morgan fingerprint density at radius 3 is 2.88 bits per heavy atom. The molecule has 2 aliphatic heterocycles. The molecule has 2 aromatic carbocycles. The molecule has 1 amide bonds. The summed E-state index contributed by atoms with van der Waals surface area (Å²) in [6.45, 7) is 3.67. The zero-order valence-corrected chi connectivity index (χ0v) is 15.0. The summed E-state index contributed by atoms with van der Waals surface area (Å²) in [6.07, 6.45) is 2.39. The minimum absolute atomic E-state index is 0.0498. The molecule has 0 aliphatic carbocycles. The number of carbonyl (C=O) groups excluding carboxylic acids is 1. The zero-order valence-electron chi connectivity index (χ0n) is 15.0. The third kappa shape index (κ3) is 3.19. The molecule has 5 heteroatoms. The first kappa shape index (κ1) is 17.0. The molecule has 2 fully saturated rings. The molecule has 2 saturated heterocycles. The quantitative estimate of drug-likeness (QED) is 0.847. The highest BCUT2D eigenvalue weighted by Crippen LogP contribution is 2.31. The summed E-state index contributed by atoms with van der Waals surface area (Å²) in [6, 6.07) is 12.3. The minimum Gasteiger partial charge on any atom is -0.496 e. The highest BCUT2D eigenvalue weighted by molar-refractivity contribution is 5.95. The van der Waals surface area contributed by atoms with E-state index in [4.69, 9.17) is 4.74 Å². The van der Waals surface area contributed by atoms with Crippen LogP contribution in [0.15, 0.2) is 42.5 Å². The molecular weight excluding hydrogens is 331 g/mol. The van der Waals surface area contributed by atoms with Crippen molar-refractivity contribution in [1.82, 2.24) is 9.80 Å². The number of nitrogens with zero attached hydrogens (tertiary/aromatic N) is 2. The van der Waals surface area contributed by atoms with Crippen molar-refractivity contribution in [2.45, 2.75) is 18.9 Å². The second-order valence-electron chi connectivity index (χ2n) is 7.01. The predicted molar refractivity (Wildman–Crippen MR) is 98.9 cm³/mol. The largest absolute Gasteiger partial charge is 0.496 e. The van der Waals surface area contributed by atoms with Crippen molar-refractivity contribution in [3.8, 4) is 16.9 Å². The average Bonchev–Trinajstić information content (AvgIpc) is 3.15. The van der Waals surface area contributed by atoms with Gasteiger partial charge in [-0.2, -0.15) is 0 Å². The van der Waals surface area contributed by atoms with Gasteiger partial charge in [-0.05, 0) is 55.3 Å². The first-order valence-electron chi connectivity index (χ1n) is 9.13. The lowest BCUT2D eigenvalue weighted by atomic mass is 10.0. The Morgan fingerprint density at radius 1 is 1.15 bits per heavy atom. The summed E-state index contributed by atoms with van der Waals surface area (Å²) in [5.41, 5.74) is 2.08. The molecule has 2 aromatic rings. The smallest absolute Gasteiger partial charge is 0.253 e. The van der Waals surface area contributed by atoms with E-state index < -0.39 is 0 Å². The van der Waals surface area contributed by atoms with E-state index in [2.05, 4.69) is 4.90 Å². The lowest BCUT2D eigenvalue weighted by Gasteiger charge is -2.37. The van der Waals surface area contributed by atoms with Crippen molar-refractivity contribution in [2.24, 2.45) is 0 Å². The van der Waals surface area contributed by atoms with Crippen molar-refractivity contribution in [2.75, 3.05) is 33.3 Å². The van der Waals surface area contributed by atoms with Crippen LogP contribution in [-0.4, -0.2) is 55.0 Å². The van der Waals surface area contributed by atoms with Crippen molar-refractivity contribution in [1.29, 1.82) is 0 Å². The molecule has 26 heavy (non-hydrogen) atoms. The maximum Gasteiger partial charge on any atom is 0.253 e. The highest BCUT2D eigenvalue weighted by Gasteiger charge is 2.32. The van der Waals surface area contributed by atoms with Gasteiger partial charge in [0.15, 0.2) is 0 Å². The van der Waals surface area contributed by atoms with Crippen molar-refractivity contribution in [3.05, 3.63) is 53.8 Å². The second kappa shape index (κ2) is 7.08. The molecule has 136 valence electrons. The van der Waals surface area contributed by atoms with Gasteiger partial charge in [-0.1, -0.05) is 12.1 Å². The number of carbonyl (C=O) groups is 1. The Bertz CT molecular complexity index is 823. The fourth-order valence-electron chi connectivity index (χ4n) is 4.08. The number of fused-ring (bicyclic) bond motifs is 1. The lowest BCUT2D eigenvalue weighted by Crippen LogP contribution is -2.52. The number of methoxy groups -OCH3 is 1. The van der Waals surface area contributed by atoms with E-state index in [0.29, 0.717) is 22.9 Å². The van der Waals surface area contributed by atoms with Crippen LogP contribution in [0.4, 0.5) is 4.39 Å². The van der Waals surface area contributed by atoms with Gasteiger partial charge in [0.1, 0.15) is 11.6 Å². The molecule has 2 heterocycles. The molecule has 1 atom stereocenters. The van der Waals surface area contributed by atoms with E-state index in [0.717, 1.165) is 31.7 Å². The molecule has 2 aliphatic rings. The second-order valence-corrected chi connectivity index (χ2v) is 7.01. The van der Waals surface area contributed by atoms with Crippen LogP contribution >= 0.6 is 0 Å². The SMILES string of the molecule is COc1ccc(F)cc1-c1cccc(C(=O)N2CCN3CCCC3C2)c1. The molecule has 0 bridgehead atoms. The summed E-state index contributed by atoms with van der Waals surface area (Å²) >= 11 is 0. The zero-order chi connectivity index (χ0) is 18.1. The van der Waals surface area contributed by atoms with Gasteiger partial charge in [0.2, 0.25) is 0 Å². The van der Waals surface area contributed by atoms with Crippen LogP contribution in [0.25, 0.3) is 11.1 Å². The fourth-order valence-corrected chi connectivity index (χ4v) is 4.08. The molecule has 0 spiro atoms. The van der Waals surface area contributed by atoms with Crippen molar-refractivity contribution >= 4 is 5.91 Å². The maximum atomic E-state index is 13.7. The predicted octanol–water partition coefficient (Wildman–Crippen LogP) is 3.42. The molecule has 4 nitrogen and oxygen atoms in total. The number of halogens is 1. The summed E-state index contributed by atoms with van der Waals surface area (Å²) in [5.74, 6) is 0.319. The average molecular weight is 354 g/mol. The van der Waals surface area contributed by atoms with Crippen molar-refractivity contribution < 1.29 is 13.9 Å². The van der Waals surface area contributed by atoms with E-state index in [-0.39, 0.29) is 11.7 Å². The molecule has 0 radical (unpaired) electrons. The number of rotatable bonds is 3. The number of hydrogen-bond donors (Lipinski definition) is 0. The number of hydrogen-bond acceptors (Lipinski definition) is 3. The van der Waals surface area contributed by atoms with Gasteiger partial charge in [0.25, 0.3) is 5.91 Å². The van der Waals surface area contributed by atoms with Crippen LogP contribution in [0.3, 0.4) is 0 Å². The normalized spacial score (nSPS) is 20.1. The molecule has 0 N–H and O–H groups in total. The van der Waals surface area contributed by atoms with Crippen LogP contribution in [0.2, 0.25) is 0 Å². The highest BCUT2D eigenvalue weighted by atomic mass is 19.1. The topological polar surface area (TPSA) is 32.8 Å². The standard InChI is InChI=1S/C21H23FN2O2/c1-26-20-8-7-17(22)13-19(20)15-4-2-5-16(12-15)21(25)24-11-10-23-9-3-6-18(23)14-24/h2,4-5,7-8,12-13,18H,3,6,9-11,14H2,1H3. The first-order chi connectivity index (χ1) is 12.7. The van der Waals surface area contributed by atoms with E-state index in [9.17, 15) is 9.18 Å². The number of piperazine rings is 1. The molecule has 0 saturated carbocycles. The third-order valence-corrected chi connectivity index (χ3v) is 5.46. The van der Waals surface area contributed by atoms with Crippen LogP contribution in [0, 0.1) is 5.82 Å². The van der Waals surface area contributed by atoms with E-state index >= 15 is 0 Å². The van der Waals surface area contributed by atoms with Gasteiger partial charge in [-0.3, -0.25) is 9.69 Å². The Hall–Kier alpha value is -2.40. The van der Waals surface area contributed by atoms with Crippen LogP contribution in [0.5, 0.6) is 5.75 Å². The Morgan fingerprint density at radius 2 is 2.04 bits per heavy atom. The monoisotopic (exact) mass is 354 g/mol. The van der Waals surface area contributed by atoms with Crippen LogP contribution in [0.1, 0.15) is 23.2 Å². The Labute approximate surface area is 153 Å². The third-order valence-electron chi connectivity index (χ3n) is 5.46. The first-order valence-corrected chi connectivity index (χ1v) is 9.13. The molecule has 4 rings (SSSR count). The van der Waals surface area contributed by atoms with Gasteiger partial charge in [-0.25, -0.2) is 4.39 Å². The Kier molecular flexibility index (Phi) is 4.64. The van der Waals surface area contributed by atoms with E-state index in [1.165, 1.54) is 25.0 Å². The van der Waals surface area contributed by atoms with Gasteiger partial charge >= 0.3 is 0 Å². The summed E-state index contributed by atoms with van der Waals surface area (Å²) in [5, 5.41) is 0.